The topological polar surface area (TPSA) is 99.5 Å². The van der Waals surface area contributed by atoms with Crippen LogP contribution in [0.1, 0.15) is 72.3 Å². The molecule has 0 saturated carbocycles. The van der Waals surface area contributed by atoms with Gasteiger partial charge in [-0.25, -0.2) is 12.7 Å². The zero-order valence-corrected chi connectivity index (χ0v) is 22.1. The van der Waals surface area contributed by atoms with Crippen molar-refractivity contribution in [3.8, 4) is 11.1 Å². The molecule has 2 fully saturated rings. The van der Waals surface area contributed by atoms with Crippen LogP contribution in [-0.2, 0) is 10.0 Å². The second-order valence-corrected chi connectivity index (χ2v) is 13.0. The van der Waals surface area contributed by atoms with Crippen molar-refractivity contribution in [1.82, 2.24) is 14.2 Å². The number of fused-ring (bicyclic) bond motifs is 1. The fourth-order valence-electron chi connectivity index (χ4n) is 5.61. The fraction of sp³-hybridized carbons (Fsp3) is 0.500. The third kappa shape index (κ3) is 4.67. The summed E-state index contributed by atoms with van der Waals surface area (Å²) in [5.41, 5.74) is 10.3. The van der Waals surface area contributed by atoms with Crippen LogP contribution in [0.25, 0.3) is 22.0 Å². The van der Waals surface area contributed by atoms with Gasteiger partial charge in [-0.15, -0.1) is 11.3 Å². The molecule has 2 aliphatic heterocycles. The van der Waals surface area contributed by atoms with E-state index >= 15 is 0 Å². The Labute approximate surface area is 211 Å². The van der Waals surface area contributed by atoms with Crippen LogP contribution in [-0.4, -0.2) is 60.4 Å². The van der Waals surface area contributed by atoms with Gasteiger partial charge in [0, 0.05) is 35.6 Å². The number of piperidine rings is 1. The van der Waals surface area contributed by atoms with E-state index < -0.39 is 15.9 Å². The first kappa shape index (κ1) is 24.5. The predicted molar refractivity (Wildman–Crippen MR) is 142 cm³/mol. The highest BCUT2D eigenvalue weighted by Gasteiger charge is 2.29. The van der Waals surface area contributed by atoms with Crippen molar-refractivity contribution in [2.75, 3.05) is 31.9 Å². The molecular formula is C26H34N4O3S2. The summed E-state index contributed by atoms with van der Waals surface area (Å²) >= 11 is 1.77. The van der Waals surface area contributed by atoms with Crippen molar-refractivity contribution in [1.29, 1.82) is 0 Å². The van der Waals surface area contributed by atoms with Crippen LogP contribution < -0.4 is 5.73 Å². The van der Waals surface area contributed by atoms with Crippen molar-refractivity contribution in [3.05, 3.63) is 45.8 Å². The van der Waals surface area contributed by atoms with E-state index in [0.29, 0.717) is 24.7 Å². The first-order valence-electron chi connectivity index (χ1n) is 12.5. The number of thiophene rings is 1. The molecule has 2 saturated heterocycles. The lowest BCUT2D eigenvalue weighted by Gasteiger charge is -2.31. The molecule has 1 atom stereocenters. The highest BCUT2D eigenvalue weighted by molar-refractivity contribution is 7.89. The maximum absolute atomic E-state index is 12.4. The highest BCUT2D eigenvalue weighted by Crippen LogP contribution is 2.39. The van der Waals surface area contributed by atoms with E-state index in [-0.39, 0.29) is 11.7 Å². The van der Waals surface area contributed by atoms with Gasteiger partial charge in [-0.1, -0.05) is 0 Å². The van der Waals surface area contributed by atoms with E-state index in [1.807, 2.05) is 12.3 Å². The Balaban J connectivity index is 1.47. The van der Waals surface area contributed by atoms with Crippen LogP contribution in [0.15, 0.2) is 29.8 Å². The molecule has 0 aliphatic carbocycles. The SMILES string of the molecule is CCS(=O)(=O)N1CCC(c2c[nH]c3c(C(N)=O)cc(-c4csc([C@H](C)N5CCCC5)c4)cc23)CC1. The fourth-order valence-corrected chi connectivity index (χ4v) is 7.75. The smallest absolute Gasteiger partial charge is 0.250 e. The number of nitrogens with two attached hydrogens (primary N) is 1. The van der Waals surface area contributed by atoms with Gasteiger partial charge in [-0.05, 0) is 98.8 Å². The standard InChI is InChI=1S/C26H34N4O3S2/c1-3-35(32,33)30-10-6-18(7-11-30)23-15-28-25-21(23)12-19(13-22(25)26(27)31)20-14-24(34-16-20)17(2)29-8-4-5-9-29/h12-18,28H,3-11H2,1-2H3,(H2,27,31)/t17-/m0/s1. The van der Waals surface area contributed by atoms with E-state index in [4.69, 9.17) is 5.73 Å². The molecule has 2 aliphatic rings. The molecular weight excluding hydrogens is 480 g/mol. The van der Waals surface area contributed by atoms with Crippen molar-refractivity contribution in [2.24, 2.45) is 5.73 Å². The van der Waals surface area contributed by atoms with Crippen LogP contribution in [0.3, 0.4) is 0 Å². The van der Waals surface area contributed by atoms with Crippen LogP contribution >= 0.6 is 11.3 Å². The molecule has 0 spiro atoms. The van der Waals surface area contributed by atoms with Crippen LogP contribution in [0.4, 0.5) is 0 Å². The Morgan fingerprint density at radius 2 is 1.86 bits per heavy atom. The molecule has 7 nitrogen and oxygen atoms in total. The quantitative estimate of drug-likeness (QED) is 0.478. The second kappa shape index (κ2) is 9.69. The number of likely N-dealkylation sites (tertiary alicyclic amines) is 1. The number of carbonyl (C=O) groups is 1. The summed E-state index contributed by atoms with van der Waals surface area (Å²) in [6, 6.07) is 6.70. The molecule has 4 heterocycles. The minimum atomic E-state index is -3.17. The number of amides is 1. The van der Waals surface area contributed by atoms with Crippen molar-refractivity contribution in [3.63, 3.8) is 0 Å². The lowest BCUT2D eigenvalue weighted by Crippen LogP contribution is -2.38. The van der Waals surface area contributed by atoms with Gasteiger partial charge in [-0.2, -0.15) is 0 Å². The molecule has 9 heteroatoms. The van der Waals surface area contributed by atoms with E-state index in [1.54, 1.807) is 22.6 Å². The number of H-pyrrole nitrogens is 1. The second-order valence-electron chi connectivity index (χ2n) is 9.79. The Morgan fingerprint density at radius 1 is 1.14 bits per heavy atom. The van der Waals surface area contributed by atoms with E-state index in [9.17, 15) is 13.2 Å². The number of benzene rings is 1. The normalized spacial score (nSPS) is 19.5. The molecule has 0 radical (unpaired) electrons. The number of aromatic amines is 1. The monoisotopic (exact) mass is 514 g/mol. The molecule has 3 N–H and O–H groups in total. The maximum atomic E-state index is 12.4. The summed E-state index contributed by atoms with van der Waals surface area (Å²) in [6.45, 7) is 7.31. The number of aromatic nitrogens is 1. The lowest BCUT2D eigenvalue weighted by molar-refractivity contribution is 0.100. The van der Waals surface area contributed by atoms with E-state index in [0.717, 1.165) is 53.5 Å². The zero-order valence-electron chi connectivity index (χ0n) is 20.4. The third-order valence-electron chi connectivity index (χ3n) is 7.79. The third-order valence-corrected chi connectivity index (χ3v) is 10.8. The van der Waals surface area contributed by atoms with E-state index in [2.05, 4.69) is 34.3 Å². The van der Waals surface area contributed by atoms with E-state index in [1.165, 1.54) is 17.7 Å². The van der Waals surface area contributed by atoms with Crippen LogP contribution in [0.2, 0.25) is 0 Å². The summed E-state index contributed by atoms with van der Waals surface area (Å²) in [4.78, 5) is 19.5. The van der Waals surface area contributed by atoms with Gasteiger partial charge >= 0.3 is 0 Å². The molecule has 0 unspecified atom stereocenters. The number of hydrogen-bond acceptors (Lipinski definition) is 5. The summed E-state index contributed by atoms with van der Waals surface area (Å²) < 4.78 is 26.2. The molecule has 188 valence electrons. The van der Waals surface area contributed by atoms with Gasteiger partial charge in [0.15, 0.2) is 0 Å². The number of carbonyl (C=O) groups excluding carboxylic acids is 1. The largest absolute Gasteiger partial charge is 0.366 e. The molecule has 5 rings (SSSR count). The number of nitrogens with zero attached hydrogens (tertiary/aromatic N) is 2. The number of sulfonamides is 1. The first-order valence-corrected chi connectivity index (χ1v) is 15.0. The minimum absolute atomic E-state index is 0.134. The Morgan fingerprint density at radius 3 is 2.51 bits per heavy atom. The van der Waals surface area contributed by atoms with Crippen LogP contribution in [0.5, 0.6) is 0 Å². The molecule has 3 aromatic rings. The summed E-state index contributed by atoms with van der Waals surface area (Å²) in [5.74, 6) is -0.0824. The molecule has 0 bridgehead atoms. The average molecular weight is 515 g/mol. The minimum Gasteiger partial charge on any atom is -0.366 e. The Kier molecular flexibility index (Phi) is 6.78. The summed E-state index contributed by atoms with van der Waals surface area (Å²) in [7, 11) is -3.17. The van der Waals surface area contributed by atoms with Gasteiger partial charge < -0.3 is 10.7 Å². The Hall–Kier alpha value is -2.20. The molecule has 35 heavy (non-hydrogen) atoms. The van der Waals surface area contributed by atoms with Crippen molar-refractivity contribution in [2.45, 2.75) is 51.5 Å². The first-order chi connectivity index (χ1) is 16.8. The maximum Gasteiger partial charge on any atom is 0.250 e. The molecule has 1 aromatic carbocycles. The van der Waals surface area contributed by atoms with Gasteiger partial charge in [0.05, 0.1) is 16.8 Å². The van der Waals surface area contributed by atoms with Gasteiger partial charge in [0.1, 0.15) is 0 Å². The van der Waals surface area contributed by atoms with Gasteiger partial charge in [0.2, 0.25) is 10.0 Å². The van der Waals surface area contributed by atoms with Gasteiger partial charge in [0.25, 0.3) is 5.91 Å². The van der Waals surface area contributed by atoms with Crippen molar-refractivity contribution >= 4 is 38.2 Å². The number of rotatable bonds is 7. The van der Waals surface area contributed by atoms with Crippen LogP contribution in [0, 0.1) is 0 Å². The average Bonchev–Trinajstić information content (AvgIpc) is 3.63. The zero-order chi connectivity index (χ0) is 24.7. The predicted octanol–water partition coefficient (Wildman–Crippen LogP) is 4.68. The number of hydrogen-bond donors (Lipinski definition) is 2. The van der Waals surface area contributed by atoms with Crippen molar-refractivity contribution < 1.29 is 13.2 Å². The summed E-state index contributed by atoms with van der Waals surface area (Å²) in [5, 5.41) is 3.18. The highest BCUT2D eigenvalue weighted by atomic mass is 32.2. The van der Waals surface area contributed by atoms with Gasteiger partial charge in [-0.3, -0.25) is 9.69 Å². The number of primary amides is 1. The molecule has 2 aromatic heterocycles. The summed E-state index contributed by atoms with van der Waals surface area (Å²) in [6.07, 6.45) is 6.03. The lowest BCUT2D eigenvalue weighted by atomic mass is 9.88. The molecule has 1 amide bonds. The Bertz CT molecular complexity index is 1330. The number of nitrogens with one attached hydrogen (secondary N) is 1.